The smallest absolute Gasteiger partial charge is 0.317 e. The minimum atomic E-state index is -0.109. The highest BCUT2D eigenvalue weighted by Crippen LogP contribution is 2.14. The minimum absolute atomic E-state index is 0.0554. The van der Waals surface area contributed by atoms with E-state index in [0.29, 0.717) is 13.1 Å². The highest BCUT2D eigenvalue weighted by Gasteiger charge is 2.12. The molecule has 0 fully saturated rings. The van der Waals surface area contributed by atoms with Crippen molar-refractivity contribution in [3.63, 3.8) is 0 Å². The van der Waals surface area contributed by atoms with Crippen LogP contribution in [0, 0.1) is 0 Å². The standard InChI is InChI=1S/C14H20N4O2S/c1-4-11(20-3)8-15-14(19)18(2)9-10-5-6-12-13(7-10)17-21-16-12/h5-7,11H,4,8-9H2,1-3H3,(H,15,19). The summed E-state index contributed by atoms with van der Waals surface area (Å²) in [4.78, 5) is 13.7. The molecule has 114 valence electrons. The number of aromatic nitrogens is 2. The van der Waals surface area contributed by atoms with Crippen LogP contribution in [-0.4, -0.2) is 46.5 Å². The van der Waals surface area contributed by atoms with E-state index < -0.39 is 0 Å². The van der Waals surface area contributed by atoms with Crippen molar-refractivity contribution in [3.8, 4) is 0 Å². The average Bonchev–Trinajstić information content (AvgIpc) is 2.95. The monoisotopic (exact) mass is 308 g/mol. The quantitative estimate of drug-likeness (QED) is 0.889. The average molecular weight is 308 g/mol. The normalized spacial score (nSPS) is 12.3. The predicted molar refractivity (Wildman–Crippen MR) is 83.4 cm³/mol. The summed E-state index contributed by atoms with van der Waals surface area (Å²) in [6, 6.07) is 5.75. The van der Waals surface area contributed by atoms with E-state index in [1.807, 2.05) is 25.1 Å². The van der Waals surface area contributed by atoms with Crippen LogP contribution < -0.4 is 5.32 Å². The number of methoxy groups -OCH3 is 1. The third kappa shape index (κ3) is 4.12. The number of benzene rings is 1. The number of nitrogens with one attached hydrogen (secondary N) is 1. The summed E-state index contributed by atoms with van der Waals surface area (Å²) in [6.45, 7) is 3.08. The molecule has 1 aromatic heterocycles. The van der Waals surface area contributed by atoms with Gasteiger partial charge in [0.1, 0.15) is 11.0 Å². The fraction of sp³-hybridized carbons (Fsp3) is 0.500. The van der Waals surface area contributed by atoms with Crippen LogP contribution in [0.2, 0.25) is 0 Å². The topological polar surface area (TPSA) is 67.4 Å². The lowest BCUT2D eigenvalue weighted by Gasteiger charge is -2.20. The molecule has 0 saturated carbocycles. The van der Waals surface area contributed by atoms with E-state index in [0.717, 1.165) is 23.0 Å². The summed E-state index contributed by atoms with van der Waals surface area (Å²) in [5.74, 6) is 0. The van der Waals surface area contributed by atoms with Crippen LogP contribution >= 0.6 is 11.7 Å². The molecule has 0 saturated heterocycles. The molecule has 0 aliphatic rings. The summed E-state index contributed by atoms with van der Waals surface area (Å²) in [7, 11) is 3.42. The molecule has 2 amide bonds. The van der Waals surface area contributed by atoms with Crippen molar-refractivity contribution >= 4 is 28.8 Å². The zero-order valence-corrected chi connectivity index (χ0v) is 13.3. The van der Waals surface area contributed by atoms with Gasteiger partial charge in [0.2, 0.25) is 0 Å². The predicted octanol–water partition coefficient (Wildman–Crippen LogP) is 2.26. The number of ether oxygens (including phenoxy) is 1. The molecule has 7 heteroatoms. The minimum Gasteiger partial charge on any atom is -0.380 e. The van der Waals surface area contributed by atoms with E-state index in [4.69, 9.17) is 4.74 Å². The molecule has 1 aromatic carbocycles. The summed E-state index contributed by atoms with van der Waals surface area (Å²) < 4.78 is 13.6. The fourth-order valence-corrected chi connectivity index (χ4v) is 2.52. The maximum Gasteiger partial charge on any atom is 0.317 e. The van der Waals surface area contributed by atoms with Gasteiger partial charge in [-0.25, -0.2) is 4.79 Å². The second kappa shape index (κ2) is 7.33. The second-order valence-electron chi connectivity index (χ2n) is 4.90. The summed E-state index contributed by atoms with van der Waals surface area (Å²) in [5.41, 5.74) is 2.80. The van der Waals surface area contributed by atoms with Crippen LogP contribution in [-0.2, 0) is 11.3 Å². The highest BCUT2D eigenvalue weighted by atomic mass is 32.1. The van der Waals surface area contributed by atoms with E-state index in [2.05, 4.69) is 14.1 Å². The number of urea groups is 1. The van der Waals surface area contributed by atoms with Gasteiger partial charge in [-0.3, -0.25) is 0 Å². The largest absolute Gasteiger partial charge is 0.380 e. The van der Waals surface area contributed by atoms with Gasteiger partial charge >= 0.3 is 6.03 Å². The molecule has 0 aliphatic carbocycles. The second-order valence-corrected chi connectivity index (χ2v) is 5.42. The van der Waals surface area contributed by atoms with Gasteiger partial charge in [0.25, 0.3) is 0 Å². The van der Waals surface area contributed by atoms with Gasteiger partial charge in [-0.15, -0.1) is 0 Å². The summed E-state index contributed by atoms with van der Waals surface area (Å²) >= 11 is 1.20. The van der Waals surface area contributed by atoms with Crippen LogP contribution in [0.4, 0.5) is 4.79 Å². The SMILES string of the molecule is CCC(CNC(=O)N(C)Cc1ccc2nsnc2c1)OC. The maximum absolute atomic E-state index is 12.0. The van der Waals surface area contributed by atoms with Crippen molar-refractivity contribution in [1.29, 1.82) is 0 Å². The molecular weight excluding hydrogens is 288 g/mol. The number of hydrogen-bond donors (Lipinski definition) is 1. The van der Waals surface area contributed by atoms with Gasteiger partial charge in [-0.2, -0.15) is 8.75 Å². The van der Waals surface area contributed by atoms with E-state index in [1.54, 1.807) is 19.1 Å². The molecule has 0 aliphatic heterocycles. The molecular formula is C14H20N4O2S. The summed E-state index contributed by atoms with van der Waals surface area (Å²) in [5, 5.41) is 2.87. The molecule has 1 heterocycles. The third-order valence-corrected chi connectivity index (χ3v) is 3.91. The molecule has 1 atom stereocenters. The van der Waals surface area contributed by atoms with Crippen molar-refractivity contribution in [3.05, 3.63) is 23.8 Å². The number of carbonyl (C=O) groups is 1. The van der Waals surface area contributed by atoms with E-state index in [9.17, 15) is 4.79 Å². The molecule has 2 aromatic rings. The van der Waals surface area contributed by atoms with Gasteiger partial charge in [0, 0.05) is 27.2 Å². The Morgan fingerprint density at radius 2 is 2.19 bits per heavy atom. The van der Waals surface area contributed by atoms with Crippen molar-refractivity contribution in [2.24, 2.45) is 0 Å². The maximum atomic E-state index is 12.0. The van der Waals surface area contributed by atoms with Gasteiger partial charge in [0.15, 0.2) is 0 Å². The third-order valence-electron chi connectivity index (χ3n) is 3.35. The lowest BCUT2D eigenvalue weighted by atomic mass is 10.2. The van der Waals surface area contributed by atoms with Crippen LogP contribution in [0.25, 0.3) is 11.0 Å². The van der Waals surface area contributed by atoms with Crippen molar-refractivity contribution < 1.29 is 9.53 Å². The lowest BCUT2D eigenvalue weighted by molar-refractivity contribution is 0.0983. The number of nitrogens with zero attached hydrogens (tertiary/aromatic N) is 3. The molecule has 0 spiro atoms. The Labute approximate surface area is 128 Å². The number of carbonyl (C=O) groups excluding carboxylic acids is 1. The van der Waals surface area contributed by atoms with Crippen LogP contribution in [0.5, 0.6) is 0 Å². The Morgan fingerprint density at radius 3 is 2.90 bits per heavy atom. The molecule has 1 unspecified atom stereocenters. The zero-order valence-electron chi connectivity index (χ0n) is 12.5. The molecule has 1 N–H and O–H groups in total. The zero-order chi connectivity index (χ0) is 15.2. The Bertz CT molecular complexity index is 597. The van der Waals surface area contributed by atoms with E-state index in [-0.39, 0.29) is 12.1 Å². The van der Waals surface area contributed by atoms with Gasteiger partial charge in [0.05, 0.1) is 17.8 Å². The highest BCUT2D eigenvalue weighted by molar-refractivity contribution is 7.00. The van der Waals surface area contributed by atoms with Gasteiger partial charge in [-0.1, -0.05) is 13.0 Å². The first-order valence-electron chi connectivity index (χ1n) is 6.87. The summed E-state index contributed by atoms with van der Waals surface area (Å²) in [6.07, 6.45) is 0.924. The Morgan fingerprint density at radius 1 is 1.43 bits per heavy atom. The first-order chi connectivity index (χ1) is 10.1. The number of fused-ring (bicyclic) bond motifs is 1. The first kappa shape index (κ1) is 15.7. The molecule has 0 radical (unpaired) electrons. The fourth-order valence-electron chi connectivity index (χ4n) is 2.00. The van der Waals surface area contributed by atoms with Crippen molar-refractivity contribution in [2.45, 2.75) is 26.0 Å². The Balaban J connectivity index is 1.90. The Kier molecular flexibility index (Phi) is 5.46. The molecule has 2 rings (SSSR count). The number of amides is 2. The number of hydrogen-bond acceptors (Lipinski definition) is 5. The van der Waals surface area contributed by atoms with E-state index >= 15 is 0 Å². The molecule has 21 heavy (non-hydrogen) atoms. The van der Waals surface area contributed by atoms with Crippen molar-refractivity contribution in [2.75, 3.05) is 20.7 Å². The molecule has 6 nitrogen and oxygen atoms in total. The lowest BCUT2D eigenvalue weighted by Crippen LogP contribution is -2.40. The number of rotatable bonds is 6. The Hall–Kier alpha value is -1.73. The van der Waals surface area contributed by atoms with E-state index in [1.165, 1.54) is 11.7 Å². The van der Waals surface area contributed by atoms with Gasteiger partial charge in [-0.05, 0) is 24.1 Å². The molecule has 0 bridgehead atoms. The van der Waals surface area contributed by atoms with Crippen LogP contribution in [0.15, 0.2) is 18.2 Å². The van der Waals surface area contributed by atoms with Crippen LogP contribution in [0.3, 0.4) is 0 Å². The van der Waals surface area contributed by atoms with Crippen molar-refractivity contribution in [1.82, 2.24) is 19.0 Å². The van der Waals surface area contributed by atoms with Crippen LogP contribution in [0.1, 0.15) is 18.9 Å². The first-order valence-corrected chi connectivity index (χ1v) is 7.60. The van der Waals surface area contributed by atoms with Gasteiger partial charge < -0.3 is 15.0 Å².